The van der Waals surface area contributed by atoms with E-state index in [1.807, 2.05) is 0 Å². The van der Waals surface area contributed by atoms with Crippen molar-refractivity contribution in [1.29, 1.82) is 0 Å². The minimum atomic E-state index is -0.270. The van der Waals surface area contributed by atoms with Crippen LogP contribution in [0.4, 0.5) is 4.39 Å². The van der Waals surface area contributed by atoms with Crippen LogP contribution < -0.4 is 5.32 Å². The van der Waals surface area contributed by atoms with Gasteiger partial charge in [-0.1, -0.05) is 23.3 Å². The Morgan fingerprint density at radius 2 is 2.32 bits per heavy atom. The lowest BCUT2D eigenvalue weighted by molar-refractivity contribution is -0.124. The molecule has 1 aliphatic heterocycles. The molecule has 0 saturated heterocycles. The fourth-order valence-electron chi connectivity index (χ4n) is 2.36. The van der Waals surface area contributed by atoms with Crippen molar-refractivity contribution >= 4 is 17.5 Å². The van der Waals surface area contributed by atoms with E-state index in [4.69, 9.17) is 16.3 Å². The van der Waals surface area contributed by atoms with E-state index in [1.54, 1.807) is 6.07 Å². The predicted octanol–water partition coefficient (Wildman–Crippen LogP) is 2.37. The zero-order valence-corrected chi connectivity index (χ0v) is 13.3. The van der Waals surface area contributed by atoms with Crippen LogP contribution in [0.3, 0.4) is 0 Å². The third-order valence-corrected chi connectivity index (χ3v) is 3.95. The maximum atomic E-state index is 13.3. The van der Waals surface area contributed by atoms with E-state index in [0.717, 1.165) is 25.1 Å². The van der Waals surface area contributed by atoms with Crippen molar-refractivity contribution in [2.24, 2.45) is 0 Å². The molecular weight excluding hydrogens is 307 g/mol. The standard InChI is InChI=1S/C16H20ClFN2O2/c1-22-11-16(21)19-9-12-4-6-20(7-5-12)10-13-8-14(18)2-3-15(13)17/h2-4,8H,5-7,9-11H2,1H3,(H,19,21). The molecule has 1 aliphatic rings. The number of nitrogens with one attached hydrogen (secondary N) is 1. The summed E-state index contributed by atoms with van der Waals surface area (Å²) in [6, 6.07) is 4.43. The van der Waals surface area contributed by atoms with Gasteiger partial charge < -0.3 is 10.1 Å². The molecule has 6 heteroatoms. The van der Waals surface area contributed by atoms with Crippen LogP contribution in [-0.4, -0.2) is 44.2 Å². The second-order valence-corrected chi connectivity index (χ2v) is 5.70. The van der Waals surface area contributed by atoms with Crippen LogP contribution in [0.2, 0.25) is 5.02 Å². The van der Waals surface area contributed by atoms with Gasteiger partial charge in [0.1, 0.15) is 12.4 Å². The summed E-state index contributed by atoms with van der Waals surface area (Å²) in [7, 11) is 1.49. The monoisotopic (exact) mass is 326 g/mol. The largest absolute Gasteiger partial charge is 0.375 e. The minimum absolute atomic E-state index is 0.0808. The van der Waals surface area contributed by atoms with E-state index in [2.05, 4.69) is 16.3 Å². The SMILES string of the molecule is COCC(=O)NCC1=CCN(Cc2cc(F)ccc2Cl)CC1. The van der Waals surface area contributed by atoms with E-state index >= 15 is 0 Å². The number of amides is 1. The normalized spacial score (nSPS) is 15.5. The molecule has 0 aromatic heterocycles. The Bertz CT molecular complexity index is 563. The van der Waals surface area contributed by atoms with Crippen molar-refractivity contribution in [3.05, 3.63) is 46.3 Å². The topological polar surface area (TPSA) is 41.6 Å². The summed E-state index contributed by atoms with van der Waals surface area (Å²) in [6.45, 7) is 2.88. The average molecular weight is 327 g/mol. The molecule has 0 spiro atoms. The minimum Gasteiger partial charge on any atom is -0.375 e. The van der Waals surface area contributed by atoms with Crippen LogP contribution in [0, 0.1) is 5.82 Å². The van der Waals surface area contributed by atoms with Gasteiger partial charge in [0.15, 0.2) is 0 Å². The number of rotatable bonds is 6. The van der Waals surface area contributed by atoms with Gasteiger partial charge in [-0.25, -0.2) is 4.39 Å². The molecule has 0 unspecified atom stereocenters. The van der Waals surface area contributed by atoms with Crippen molar-refractivity contribution in [3.63, 3.8) is 0 Å². The maximum Gasteiger partial charge on any atom is 0.246 e. The number of hydrogen-bond acceptors (Lipinski definition) is 3. The highest BCUT2D eigenvalue weighted by Gasteiger charge is 2.14. The molecular formula is C16H20ClFN2O2. The lowest BCUT2D eigenvalue weighted by Crippen LogP contribution is -2.33. The number of halogens is 2. The van der Waals surface area contributed by atoms with Crippen molar-refractivity contribution in [3.8, 4) is 0 Å². The molecule has 0 bridgehead atoms. The number of benzene rings is 1. The fourth-order valence-corrected chi connectivity index (χ4v) is 2.53. The fraction of sp³-hybridized carbons (Fsp3) is 0.438. The van der Waals surface area contributed by atoms with Crippen LogP contribution in [0.15, 0.2) is 29.8 Å². The van der Waals surface area contributed by atoms with Crippen LogP contribution >= 0.6 is 11.6 Å². The number of carbonyl (C=O) groups excluding carboxylic acids is 1. The number of ether oxygens (including phenoxy) is 1. The Kier molecular flexibility index (Phi) is 6.36. The van der Waals surface area contributed by atoms with Crippen molar-refractivity contribution < 1.29 is 13.9 Å². The van der Waals surface area contributed by atoms with Crippen molar-refractivity contribution in [2.75, 3.05) is 33.4 Å². The molecule has 1 N–H and O–H groups in total. The summed E-state index contributed by atoms with van der Waals surface area (Å²) in [6.07, 6.45) is 2.98. The van der Waals surface area contributed by atoms with Crippen LogP contribution in [0.1, 0.15) is 12.0 Å². The second kappa shape index (κ2) is 8.27. The molecule has 1 amide bonds. The molecule has 1 aromatic carbocycles. The van der Waals surface area contributed by atoms with Gasteiger partial charge in [-0.05, 0) is 30.2 Å². The number of hydrogen-bond donors (Lipinski definition) is 1. The summed E-state index contributed by atoms with van der Waals surface area (Å²) in [5, 5.41) is 3.40. The highest BCUT2D eigenvalue weighted by Crippen LogP contribution is 2.20. The first kappa shape index (κ1) is 16.9. The summed E-state index contributed by atoms with van der Waals surface area (Å²) in [5.74, 6) is -0.383. The number of methoxy groups -OCH3 is 1. The number of nitrogens with zero attached hydrogens (tertiary/aromatic N) is 1. The lowest BCUT2D eigenvalue weighted by Gasteiger charge is -2.26. The van der Waals surface area contributed by atoms with Crippen molar-refractivity contribution in [2.45, 2.75) is 13.0 Å². The quantitative estimate of drug-likeness (QED) is 0.816. The predicted molar refractivity (Wildman–Crippen MR) is 84.3 cm³/mol. The van der Waals surface area contributed by atoms with E-state index in [0.29, 0.717) is 18.1 Å². The van der Waals surface area contributed by atoms with Gasteiger partial charge in [0.05, 0.1) is 0 Å². The Hall–Kier alpha value is -1.43. The first-order chi connectivity index (χ1) is 10.6. The summed E-state index contributed by atoms with van der Waals surface area (Å²) in [4.78, 5) is 13.5. The average Bonchev–Trinajstić information content (AvgIpc) is 2.50. The summed E-state index contributed by atoms with van der Waals surface area (Å²) < 4.78 is 18.0. The molecule has 120 valence electrons. The molecule has 0 aliphatic carbocycles. The summed E-state index contributed by atoms with van der Waals surface area (Å²) >= 11 is 6.09. The molecule has 22 heavy (non-hydrogen) atoms. The highest BCUT2D eigenvalue weighted by molar-refractivity contribution is 6.31. The molecule has 0 radical (unpaired) electrons. The summed E-state index contributed by atoms with van der Waals surface area (Å²) in [5.41, 5.74) is 2.00. The zero-order valence-electron chi connectivity index (χ0n) is 12.6. The molecule has 0 fully saturated rings. The van der Waals surface area contributed by atoms with Gasteiger partial charge in [0, 0.05) is 38.3 Å². The zero-order chi connectivity index (χ0) is 15.9. The lowest BCUT2D eigenvalue weighted by atomic mass is 10.1. The third-order valence-electron chi connectivity index (χ3n) is 3.58. The van der Waals surface area contributed by atoms with Gasteiger partial charge in [-0.2, -0.15) is 0 Å². The Morgan fingerprint density at radius 3 is 3.00 bits per heavy atom. The Morgan fingerprint density at radius 1 is 1.50 bits per heavy atom. The van der Waals surface area contributed by atoms with Crippen LogP contribution in [0.5, 0.6) is 0 Å². The molecule has 1 heterocycles. The van der Waals surface area contributed by atoms with Gasteiger partial charge in [0.25, 0.3) is 0 Å². The smallest absolute Gasteiger partial charge is 0.246 e. The Balaban J connectivity index is 1.83. The molecule has 0 saturated carbocycles. The van der Waals surface area contributed by atoms with Gasteiger partial charge in [-0.3, -0.25) is 9.69 Å². The van der Waals surface area contributed by atoms with E-state index in [9.17, 15) is 9.18 Å². The van der Waals surface area contributed by atoms with E-state index < -0.39 is 0 Å². The van der Waals surface area contributed by atoms with E-state index in [1.165, 1.54) is 24.8 Å². The molecule has 0 atom stereocenters. The first-order valence-electron chi connectivity index (χ1n) is 7.18. The number of carbonyl (C=O) groups is 1. The molecule has 1 aromatic rings. The third kappa shape index (κ3) is 5.09. The van der Waals surface area contributed by atoms with Crippen LogP contribution in [-0.2, 0) is 16.1 Å². The maximum absolute atomic E-state index is 13.3. The molecule has 2 rings (SSSR count). The van der Waals surface area contributed by atoms with Gasteiger partial charge in [0.2, 0.25) is 5.91 Å². The van der Waals surface area contributed by atoms with Crippen molar-refractivity contribution in [1.82, 2.24) is 10.2 Å². The van der Waals surface area contributed by atoms with Crippen LogP contribution in [0.25, 0.3) is 0 Å². The second-order valence-electron chi connectivity index (χ2n) is 5.29. The van der Waals surface area contributed by atoms with Gasteiger partial charge >= 0.3 is 0 Å². The first-order valence-corrected chi connectivity index (χ1v) is 7.56. The highest BCUT2D eigenvalue weighted by atomic mass is 35.5. The van der Waals surface area contributed by atoms with Gasteiger partial charge in [-0.15, -0.1) is 0 Å². The van der Waals surface area contributed by atoms with E-state index in [-0.39, 0.29) is 18.3 Å². The Labute approximate surface area is 134 Å². The molecule has 4 nitrogen and oxygen atoms in total.